The van der Waals surface area contributed by atoms with Gasteiger partial charge in [-0.05, 0) is 19.4 Å². The number of morpholine rings is 1. The summed E-state index contributed by atoms with van der Waals surface area (Å²) in [5, 5.41) is 3.58. The molecule has 0 aromatic carbocycles. The lowest BCUT2D eigenvalue weighted by molar-refractivity contribution is 0.0321. The van der Waals surface area contributed by atoms with E-state index in [1.54, 1.807) is 0 Å². The van der Waals surface area contributed by atoms with E-state index >= 15 is 0 Å². The van der Waals surface area contributed by atoms with Crippen molar-refractivity contribution in [2.75, 3.05) is 39.4 Å². The maximum Gasteiger partial charge on any atom is 0.0594 e. The van der Waals surface area contributed by atoms with E-state index in [4.69, 9.17) is 4.74 Å². The first-order valence-electron chi connectivity index (χ1n) is 5.48. The predicted molar refractivity (Wildman–Crippen MR) is 60.1 cm³/mol. The van der Waals surface area contributed by atoms with Crippen molar-refractivity contribution >= 4 is 12.4 Å². The van der Waals surface area contributed by atoms with Gasteiger partial charge in [0.1, 0.15) is 0 Å². The van der Waals surface area contributed by atoms with Crippen LogP contribution in [0.3, 0.4) is 0 Å². The van der Waals surface area contributed by atoms with E-state index in [1.807, 2.05) is 0 Å². The molecule has 0 aliphatic carbocycles. The molecule has 1 N–H and O–H groups in total. The summed E-state index contributed by atoms with van der Waals surface area (Å²) in [4.78, 5) is 2.52. The fourth-order valence-corrected chi connectivity index (χ4v) is 2.18. The number of nitrogens with one attached hydrogen (secondary N) is 1. The smallest absolute Gasteiger partial charge is 0.0594 e. The second-order valence-electron chi connectivity index (χ2n) is 4.06. The summed E-state index contributed by atoms with van der Waals surface area (Å²) in [5.74, 6) is 0. The number of halogens is 1. The molecule has 1 atom stereocenters. The van der Waals surface area contributed by atoms with Crippen LogP contribution in [-0.4, -0.2) is 50.3 Å². The molecule has 2 aliphatic rings. The third kappa shape index (κ3) is 3.73. The minimum absolute atomic E-state index is 0. The Labute approximate surface area is 92.6 Å². The quantitative estimate of drug-likeness (QED) is 0.748. The summed E-state index contributed by atoms with van der Waals surface area (Å²) in [7, 11) is 0. The second-order valence-corrected chi connectivity index (χ2v) is 4.06. The van der Waals surface area contributed by atoms with Crippen LogP contribution in [0.1, 0.15) is 19.3 Å². The molecule has 2 saturated heterocycles. The molecular formula is C10H21ClN2O. The summed E-state index contributed by atoms with van der Waals surface area (Å²) in [6.45, 7) is 6.54. The zero-order chi connectivity index (χ0) is 8.93. The lowest BCUT2D eigenvalue weighted by Crippen LogP contribution is -2.47. The van der Waals surface area contributed by atoms with Crippen LogP contribution in [0.15, 0.2) is 0 Å². The maximum absolute atomic E-state index is 5.33. The zero-order valence-corrected chi connectivity index (χ0v) is 9.52. The highest BCUT2D eigenvalue weighted by atomic mass is 35.5. The van der Waals surface area contributed by atoms with Crippen molar-refractivity contribution in [3.8, 4) is 0 Å². The topological polar surface area (TPSA) is 24.5 Å². The van der Waals surface area contributed by atoms with Crippen molar-refractivity contribution in [1.82, 2.24) is 10.2 Å². The third-order valence-electron chi connectivity index (χ3n) is 2.99. The van der Waals surface area contributed by atoms with Gasteiger partial charge in [-0.15, -0.1) is 12.4 Å². The summed E-state index contributed by atoms with van der Waals surface area (Å²) >= 11 is 0. The normalized spacial score (nSPS) is 29.6. The van der Waals surface area contributed by atoms with E-state index in [-0.39, 0.29) is 12.4 Å². The minimum atomic E-state index is 0. The van der Waals surface area contributed by atoms with Crippen LogP contribution in [0.2, 0.25) is 0 Å². The van der Waals surface area contributed by atoms with E-state index in [1.165, 1.54) is 32.4 Å². The average molecular weight is 221 g/mol. The van der Waals surface area contributed by atoms with Crippen molar-refractivity contribution < 1.29 is 4.74 Å². The Morgan fingerprint density at radius 2 is 2.00 bits per heavy atom. The van der Waals surface area contributed by atoms with Crippen molar-refractivity contribution in [2.24, 2.45) is 0 Å². The zero-order valence-electron chi connectivity index (χ0n) is 8.71. The number of piperidine rings is 1. The van der Waals surface area contributed by atoms with E-state index in [0.717, 1.165) is 32.3 Å². The fraction of sp³-hybridized carbons (Fsp3) is 1.00. The van der Waals surface area contributed by atoms with Crippen LogP contribution in [0.4, 0.5) is 0 Å². The highest BCUT2D eigenvalue weighted by Crippen LogP contribution is 2.09. The Morgan fingerprint density at radius 3 is 2.64 bits per heavy atom. The van der Waals surface area contributed by atoms with Gasteiger partial charge in [0.15, 0.2) is 0 Å². The van der Waals surface area contributed by atoms with Crippen molar-refractivity contribution in [3.63, 3.8) is 0 Å². The van der Waals surface area contributed by atoms with Crippen molar-refractivity contribution in [2.45, 2.75) is 25.3 Å². The maximum atomic E-state index is 5.33. The Morgan fingerprint density at radius 1 is 1.21 bits per heavy atom. The molecule has 0 bridgehead atoms. The molecule has 2 heterocycles. The van der Waals surface area contributed by atoms with E-state index in [0.29, 0.717) is 0 Å². The Kier molecular flexibility index (Phi) is 5.78. The van der Waals surface area contributed by atoms with E-state index in [2.05, 4.69) is 10.2 Å². The molecule has 3 nitrogen and oxygen atoms in total. The van der Waals surface area contributed by atoms with Crippen LogP contribution in [0.5, 0.6) is 0 Å². The first-order chi connectivity index (χ1) is 6.45. The van der Waals surface area contributed by atoms with Gasteiger partial charge in [0.2, 0.25) is 0 Å². The molecule has 0 saturated carbocycles. The number of hydrogen-bond donors (Lipinski definition) is 1. The van der Waals surface area contributed by atoms with Crippen LogP contribution in [0.25, 0.3) is 0 Å². The molecule has 1 unspecified atom stereocenters. The molecular weight excluding hydrogens is 200 g/mol. The lowest BCUT2D eigenvalue weighted by Gasteiger charge is -2.32. The minimum Gasteiger partial charge on any atom is -0.379 e. The van der Waals surface area contributed by atoms with E-state index in [9.17, 15) is 0 Å². The van der Waals surface area contributed by atoms with Crippen LogP contribution in [-0.2, 0) is 4.74 Å². The van der Waals surface area contributed by atoms with Crippen LogP contribution < -0.4 is 5.32 Å². The molecule has 0 aromatic heterocycles. The first kappa shape index (κ1) is 12.2. The van der Waals surface area contributed by atoms with Crippen LogP contribution >= 0.6 is 12.4 Å². The Balaban J connectivity index is 0.000000980. The highest BCUT2D eigenvalue weighted by Gasteiger charge is 2.17. The number of hydrogen-bond acceptors (Lipinski definition) is 3. The van der Waals surface area contributed by atoms with E-state index < -0.39 is 0 Å². The molecule has 84 valence electrons. The fourth-order valence-electron chi connectivity index (χ4n) is 2.18. The van der Waals surface area contributed by atoms with Crippen molar-refractivity contribution in [1.29, 1.82) is 0 Å². The predicted octanol–water partition coefficient (Wildman–Crippen LogP) is 0.882. The van der Waals surface area contributed by atoms with Gasteiger partial charge >= 0.3 is 0 Å². The molecule has 2 rings (SSSR count). The summed E-state index contributed by atoms with van der Waals surface area (Å²) in [5.41, 5.74) is 0. The lowest BCUT2D eigenvalue weighted by atomic mass is 10.0. The van der Waals surface area contributed by atoms with Gasteiger partial charge in [0.25, 0.3) is 0 Å². The summed E-state index contributed by atoms with van der Waals surface area (Å²) < 4.78 is 5.33. The largest absolute Gasteiger partial charge is 0.379 e. The number of ether oxygens (including phenoxy) is 1. The Bertz CT molecular complexity index is 129. The van der Waals surface area contributed by atoms with Gasteiger partial charge in [-0.2, -0.15) is 0 Å². The first-order valence-corrected chi connectivity index (χ1v) is 5.48. The molecule has 0 aromatic rings. The second kappa shape index (κ2) is 6.62. The Hall–Kier alpha value is 0.170. The van der Waals surface area contributed by atoms with Gasteiger partial charge in [-0.1, -0.05) is 6.42 Å². The monoisotopic (exact) mass is 220 g/mol. The van der Waals surface area contributed by atoms with Gasteiger partial charge in [-0.3, -0.25) is 4.90 Å². The molecule has 2 aliphatic heterocycles. The SMILES string of the molecule is C1CCC(CN2CCOCC2)NC1.Cl. The average Bonchev–Trinajstić information content (AvgIpc) is 2.21. The molecule has 4 heteroatoms. The van der Waals surface area contributed by atoms with Crippen molar-refractivity contribution in [3.05, 3.63) is 0 Å². The summed E-state index contributed by atoms with van der Waals surface area (Å²) in [6.07, 6.45) is 4.12. The van der Waals surface area contributed by atoms with Gasteiger partial charge < -0.3 is 10.1 Å². The van der Waals surface area contributed by atoms with Gasteiger partial charge in [-0.25, -0.2) is 0 Å². The number of rotatable bonds is 2. The van der Waals surface area contributed by atoms with Crippen LogP contribution in [0, 0.1) is 0 Å². The molecule has 14 heavy (non-hydrogen) atoms. The van der Waals surface area contributed by atoms with Gasteiger partial charge in [0.05, 0.1) is 13.2 Å². The molecule has 2 fully saturated rings. The van der Waals surface area contributed by atoms with Gasteiger partial charge in [0, 0.05) is 25.7 Å². The standard InChI is InChI=1S/C10H20N2O.ClH/c1-2-4-11-10(3-1)9-12-5-7-13-8-6-12;/h10-11H,1-9H2;1H. The third-order valence-corrected chi connectivity index (χ3v) is 2.99. The summed E-state index contributed by atoms with van der Waals surface area (Å²) in [6, 6.07) is 0.742. The molecule has 0 spiro atoms. The molecule has 0 amide bonds. The highest BCUT2D eigenvalue weighted by molar-refractivity contribution is 5.85. The molecule has 0 radical (unpaired) electrons. The number of nitrogens with zero attached hydrogens (tertiary/aromatic N) is 1.